The summed E-state index contributed by atoms with van der Waals surface area (Å²) in [7, 11) is 1.48. The summed E-state index contributed by atoms with van der Waals surface area (Å²) in [5.41, 5.74) is 3.05. The molecular formula is C6H8N2O2. The predicted molar refractivity (Wildman–Crippen MR) is 36.3 cm³/mol. The molecule has 1 N–H and O–H groups in total. The molecule has 1 aliphatic heterocycles. The zero-order valence-electron chi connectivity index (χ0n) is 5.68. The lowest BCUT2D eigenvalue weighted by molar-refractivity contribution is 0.145. The van der Waals surface area contributed by atoms with Crippen LogP contribution in [0.25, 0.3) is 0 Å². The van der Waals surface area contributed by atoms with Crippen LogP contribution in [0, 0.1) is 0 Å². The zero-order chi connectivity index (χ0) is 7.40. The molecule has 0 bridgehead atoms. The van der Waals surface area contributed by atoms with E-state index in [1.165, 1.54) is 7.11 Å². The number of nitrogens with one attached hydrogen (secondary N) is 1. The fourth-order valence-electron chi connectivity index (χ4n) is 0.783. The molecule has 0 aromatic rings. The second-order valence-corrected chi connectivity index (χ2v) is 1.87. The Balaban J connectivity index is 2.65. The molecule has 0 saturated heterocycles. The molecular weight excluding hydrogens is 132 g/mol. The first kappa shape index (κ1) is 6.99. The van der Waals surface area contributed by atoms with Crippen molar-refractivity contribution >= 4 is 11.8 Å². The van der Waals surface area contributed by atoms with Gasteiger partial charge < -0.3 is 0 Å². The standard InChI is InChI=1S/C6H8N2O2/c1-10-8-6-5(4-9)2-3-7-6/h2-3H2,1H3,(H,7,8). The van der Waals surface area contributed by atoms with Crippen LogP contribution in [-0.2, 0) is 9.63 Å². The predicted octanol–water partition coefficient (Wildman–Crippen LogP) is -0.302. The number of amidine groups is 1. The van der Waals surface area contributed by atoms with E-state index in [9.17, 15) is 4.79 Å². The first-order valence-corrected chi connectivity index (χ1v) is 2.96. The topological polar surface area (TPSA) is 50.7 Å². The average Bonchev–Trinajstić information content (AvgIpc) is 2.36. The van der Waals surface area contributed by atoms with Gasteiger partial charge in [0, 0.05) is 13.0 Å². The maximum atomic E-state index is 10.2. The van der Waals surface area contributed by atoms with Crippen molar-refractivity contribution < 1.29 is 9.63 Å². The van der Waals surface area contributed by atoms with E-state index in [1.807, 2.05) is 0 Å². The van der Waals surface area contributed by atoms with Crippen LogP contribution in [0.1, 0.15) is 6.42 Å². The summed E-state index contributed by atoms with van der Waals surface area (Å²) in [6.45, 7) is 0.649. The summed E-state index contributed by atoms with van der Waals surface area (Å²) < 4.78 is 0. The molecule has 0 spiro atoms. The smallest absolute Gasteiger partial charge is 0.159 e. The zero-order valence-corrected chi connectivity index (χ0v) is 5.68. The van der Waals surface area contributed by atoms with Crippen LogP contribution in [0.5, 0.6) is 0 Å². The maximum Gasteiger partial charge on any atom is 0.159 e. The van der Waals surface area contributed by atoms with Gasteiger partial charge in [-0.25, -0.2) is 10.3 Å². The van der Waals surface area contributed by atoms with Crippen molar-refractivity contribution in [3.05, 3.63) is 5.57 Å². The molecule has 0 radical (unpaired) electrons. The summed E-state index contributed by atoms with van der Waals surface area (Å²) in [5, 5.41) is 0. The van der Waals surface area contributed by atoms with Crippen molar-refractivity contribution in [1.29, 1.82) is 0 Å². The second-order valence-electron chi connectivity index (χ2n) is 1.87. The molecule has 1 aliphatic rings. The van der Waals surface area contributed by atoms with Crippen LogP contribution >= 0.6 is 0 Å². The third kappa shape index (κ3) is 1.23. The molecule has 0 unspecified atom stereocenters. The van der Waals surface area contributed by atoms with E-state index in [0.717, 1.165) is 0 Å². The molecule has 4 nitrogen and oxygen atoms in total. The van der Waals surface area contributed by atoms with Gasteiger partial charge in [-0.1, -0.05) is 0 Å². The van der Waals surface area contributed by atoms with Crippen molar-refractivity contribution in [2.45, 2.75) is 6.42 Å². The lowest BCUT2D eigenvalue weighted by Crippen LogP contribution is -2.21. The van der Waals surface area contributed by atoms with Gasteiger partial charge in [0.2, 0.25) is 0 Å². The molecule has 0 aromatic carbocycles. The third-order valence-electron chi connectivity index (χ3n) is 1.24. The van der Waals surface area contributed by atoms with E-state index < -0.39 is 0 Å². The van der Waals surface area contributed by atoms with Gasteiger partial charge in [-0.15, -0.1) is 0 Å². The van der Waals surface area contributed by atoms with E-state index in [1.54, 1.807) is 5.94 Å². The third-order valence-corrected chi connectivity index (χ3v) is 1.24. The summed E-state index contributed by atoms with van der Waals surface area (Å²) in [4.78, 5) is 18.7. The fraction of sp³-hybridized carbons (Fsp3) is 0.500. The van der Waals surface area contributed by atoms with Crippen molar-refractivity contribution in [3.63, 3.8) is 0 Å². The van der Waals surface area contributed by atoms with Crippen molar-refractivity contribution in [2.75, 3.05) is 13.7 Å². The number of hydrogen-bond acceptors (Lipinski definition) is 4. The maximum absolute atomic E-state index is 10.2. The Hall–Kier alpha value is -1.12. The molecule has 1 rings (SSSR count). The fourth-order valence-corrected chi connectivity index (χ4v) is 0.783. The highest BCUT2D eigenvalue weighted by Gasteiger charge is 2.13. The summed E-state index contributed by atoms with van der Waals surface area (Å²) in [5.74, 6) is 2.30. The molecule has 0 fully saturated rings. The monoisotopic (exact) mass is 140 g/mol. The minimum Gasteiger partial charge on any atom is -0.278 e. The highest BCUT2D eigenvalue weighted by Crippen LogP contribution is 2.06. The van der Waals surface area contributed by atoms with E-state index in [4.69, 9.17) is 0 Å². The van der Waals surface area contributed by atoms with Crippen LogP contribution in [0.4, 0.5) is 0 Å². The number of aliphatic imine (C=N–C) groups is 1. The molecule has 0 amide bonds. The lowest BCUT2D eigenvalue weighted by Gasteiger charge is -1.99. The SMILES string of the molecule is CONC1=NCCC1=C=O. The molecule has 54 valence electrons. The van der Waals surface area contributed by atoms with Crippen molar-refractivity contribution in [3.8, 4) is 0 Å². The molecule has 10 heavy (non-hydrogen) atoms. The highest BCUT2D eigenvalue weighted by atomic mass is 16.6. The van der Waals surface area contributed by atoms with Gasteiger partial charge in [0.05, 0.1) is 12.7 Å². The Morgan fingerprint density at radius 3 is 3.20 bits per heavy atom. The van der Waals surface area contributed by atoms with Gasteiger partial charge in [-0.3, -0.25) is 9.83 Å². The first-order chi connectivity index (χ1) is 4.88. The van der Waals surface area contributed by atoms with E-state index in [0.29, 0.717) is 24.4 Å². The number of hydrogen-bond donors (Lipinski definition) is 1. The number of nitrogens with zero attached hydrogens (tertiary/aromatic N) is 1. The van der Waals surface area contributed by atoms with Crippen LogP contribution in [-0.4, -0.2) is 25.4 Å². The van der Waals surface area contributed by atoms with E-state index in [2.05, 4.69) is 15.3 Å². The first-order valence-electron chi connectivity index (χ1n) is 2.96. The Bertz CT molecular complexity index is 204. The molecule has 1 heterocycles. The van der Waals surface area contributed by atoms with Crippen LogP contribution < -0.4 is 5.48 Å². The van der Waals surface area contributed by atoms with E-state index in [-0.39, 0.29) is 0 Å². The second kappa shape index (κ2) is 3.15. The van der Waals surface area contributed by atoms with Gasteiger partial charge in [0.15, 0.2) is 5.84 Å². The Morgan fingerprint density at radius 2 is 2.60 bits per heavy atom. The molecule has 0 aromatic heterocycles. The highest BCUT2D eigenvalue weighted by molar-refractivity contribution is 6.05. The summed E-state index contributed by atoms with van der Waals surface area (Å²) >= 11 is 0. The van der Waals surface area contributed by atoms with Gasteiger partial charge in [-0.05, 0) is 0 Å². The van der Waals surface area contributed by atoms with Crippen LogP contribution in [0.3, 0.4) is 0 Å². The minimum absolute atomic E-state index is 0.512. The molecule has 0 atom stereocenters. The molecule has 0 aliphatic carbocycles. The van der Waals surface area contributed by atoms with Crippen molar-refractivity contribution in [1.82, 2.24) is 5.48 Å². The van der Waals surface area contributed by atoms with Gasteiger partial charge >= 0.3 is 0 Å². The summed E-state index contributed by atoms with van der Waals surface area (Å²) in [6, 6.07) is 0. The minimum atomic E-state index is 0.512. The van der Waals surface area contributed by atoms with Crippen LogP contribution in [0.2, 0.25) is 0 Å². The quantitative estimate of drug-likeness (QED) is 0.402. The van der Waals surface area contributed by atoms with Crippen molar-refractivity contribution in [2.24, 2.45) is 4.99 Å². The Labute approximate surface area is 58.5 Å². The Kier molecular flexibility index (Phi) is 2.20. The molecule has 0 saturated carbocycles. The lowest BCUT2D eigenvalue weighted by atomic mass is 10.2. The van der Waals surface area contributed by atoms with Gasteiger partial charge in [-0.2, -0.15) is 0 Å². The Morgan fingerprint density at radius 1 is 1.80 bits per heavy atom. The van der Waals surface area contributed by atoms with Gasteiger partial charge in [0.25, 0.3) is 0 Å². The van der Waals surface area contributed by atoms with Gasteiger partial charge in [0.1, 0.15) is 5.94 Å². The number of rotatable bonds is 1. The van der Waals surface area contributed by atoms with E-state index >= 15 is 0 Å². The summed E-state index contributed by atoms with van der Waals surface area (Å²) in [6.07, 6.45) is 0.662. The van der Waals surface area contributed by atoms with Crippen LogP contribution in [0.15, 0.2) is 10.6 Å². The normalized spacial score (nSPS) is 16.5. The molecule has 4 heteroatoms. The number of hydroxylamine groups is 1. The average molecular weight is 140 g/mol. The number of carbonyl (C=O) groups excluding carboxylic acids is 1. The largest absolute Gasteiger partial charge is 0.278 e.